The van der Waals surface area contributed by atoms with Gasteiger partial charge in [0.05, 0.1) is 11.7 Å². The Hall–Kier alpha value is -0.460. The fourth-order valence-corrected chi connectivity index (χ4v) is 2.99. The number of aromatic nitrogens is 1. The number of amides is 1. The summed E-state index contributed by atoms with van der Waals surface area (Å²) in [4.78, 5) is 18.5. The highest BCUT2D eigenvalue weighted by Crippen LogP contribution is 2.24. The van der Waals surface area contributed by atoms with Crippen LogP contribution in [0.3, 0.4) is 0 Å². The Labute approximate surface area is 129 Å². The average Bonchev–Trinajstić information content (AvgIpc) is 2.36. The molecule has 1 atom stereocenters. The molecule has 2 rings (SSSR count). The molecule has 0 saturated carbocycles. The number of nitrogens with zero attached hydrogens (tertiary/aromatic N) is 2. The molecule has 1 saturated heterocycles. The van der Waals surface area contributed by atoms with E-state index in [0.29, 0.717) is 24.1 Å². The Bertz CT molecular complexity index is 479. The third kappa shape index (κ3) is 3.55. The van der Waals surface area contributed by atoms with E-state index in [0.717, 1.165) is 4.47 Å². The van der Waals surface area contributed by atoms with Crippen molar-refractivity contribution >= 4 is 37.8 Å². The first-order chi connectivity index (χ1) is 8.93. The predicted octanol–water partition coefficient (Wildman–Crippen LogP) is 2.86. The van der Waals surface area contributed by atoms with Crippen LogP contribution < -0.4 is 0 Å². The van der Waals surface area contributed by atoms with Gasteiger partial charge in [0.25, 0.3) is 5.91 Å². The van der Waals surface area contributed by atoms with Crippen molar-refractivity contribution in [2.24, 2.45) is 0 Å². The van der Waals surface area contributed by atoms with Gasteiger partial charge >= 0.3 is 0 Å². The molecule has 19 heavy (non-hydrogen) atoms. The molecule has 1 amide bonds. The third-order valence-corrected chi connectivity index (χ3v) is 4.26. The minimum absolute atomic E-state index is 0.00943. The highest BCUT2D eigenvalue weighted by molar-refractivity contribution is 9.10. The number of ether oxygens (including phenoxy) is 1. The molecule has 1 fully saturated rings. The van der Waals surface area contributed by atoms with Crippen LogP contribution in [0.2, 0.25) is 0 Å². The maximum atomic E-state index is 12.5. The summed E-state index contributed by atoms with van der Waals surface area (Å²) in [5.41, 5.74) is 0.113. The standard InChI is InChI=1S/C13H16Br2N2O2/c1-13(2)8-17(7-9(6-14)19-13)12(18)11-10(15)4-3-5-16-11/h3-5,9H,6-8H2,1-2H3. The molecule has 4 nitrogen and oxygen atoms in total. The van der Waals surface area contributed by atoms with Crippen molar-refractivity contribution in [2.75, 3.05) is 18.4 Å². The van der Waals surface area contributed by atoms with E-state index in [1.165, 1.54) is 0 Å². The highest BCUT2D eigenvalue weighted by atomic mass is 79.9. The minimum atomic E-state index is -0.340. The predicted molar refractivity (Wildman–Crippen MR) is 80.6 cm³/mol. The zero-order chi connectivity index (χ0) is 14.0. The van der Waals surface area contributed by atoms with Gasteiger partial charge in [-0.05, 0) is 41.9 Å². The number of carbonyl (C=O) groups is 1. The largest absolute Gasteiger partial charge is 0.368 e. The third-order valence-electron chi connectivity index (χ3n) is 2.90. The quantitative estimate of drug-likeness (QED) is 0.728. The number of hydrogen-bond donors (Lipinski definition) is 0. The van der Waals surface area contributed by atoms with Gasteiger partial charge < -0.3 is 9.64 Å². The molecule has 2 heterocycles. The first kappa shape index (κ1) is 14.9. The lowest BCUT2D eigenvalue weighted by Crippen LogP contribution is -2.55. The summed E-state index contributed by atoms with van der Waals surface area (Å²) < 4.78 is 6.62. The molecule has 0 aromatic carbocycles. The number of hydrogen-bond acceptors (Lipinski definition) is 3. The fraction of sp³-hybridized carbons (Fsp3) is 0.538. The summed E-state index contributed by atoms with van der Waals surface area (Å²) >= 11 is 6.80. The number of rotatable bonds is 2. The lowest BCUT2D eigenvalue weighted by Gasteiger charge is -2.42. The second kappa shape index (κ2) is 5.89. The zero-order valence-electron chi connectivity index (χ0n) is 10.9. The van der Waals surface area contributed by atoms with Crippen molar-refractivity contribution in [2.45, 2.75) is 25.6 Å². The average molecular weight is 392 g/mol. The Morgan fingerprint density at radius 3 is 3.00 bits per heavy atom. The van der Waals surface area contributed by atoms with Gasteiger partial charge in [0, 0.05) is 29.1 Å². The van der Waals surface area contributed by atoms with Gasteiger partial charge in [0.2, 0.25) is 0 Å². The van der Waals surface area contributed by atoms with Crippen molar-refractivity contribution < 1.29 is 9.53 Å². The second-order valence-electron chi connectivity index (χ2n) is 5.17. The number of halogens is 2. The van der Waals surface area contributed by atoms with Gasteiger partial charge in [-0.1, -0.05) is 15.9 Å². The van der Waals surface area contributed by atoms with Crippen LogP contribution in [0.15, 0.2) is 22.8 Å². The highest BCUT2D eigenvalue weighted by Gasteiger charge is 2.36. The zero-order valence-corrected chi connectivity index (χ0v) is 14.1. The van der Waals surface area contributed by atoms with Gasteiger partial charge in [0.1, 0.15) is 5.69 Å². The molecule has 0 spiro atoms. The molecule has 1 unspecified atom stereocenters. The number of alkyl halides is 1. The molecule has 0 N–H and O–H groups in total. The van der Waals surface area contributed by atoms with Gasteiger partial charge in [-0.25, -0.2) is 4.98 Å². The van der Waals surface area contributed by atoms with E-state index in [4.69, 9.17) is 4.74 Å². The topological polar surface area (TPSA) is 42.4 Å². The Morgan fingerprint density at radius 1 is 1.63 bits per heavy atom. The lowest BCUT2D eigenvalue weighted by atomic mass is 10.1. The maximum absolute atomic E-state index is 12.5. The van der Waals surface area contributed by atoms with E-state index in [2.05, 4.69) is 36.8 Å². The van der Waals surface area contributed by atoms with Crippen LogP contribution in [0, 0.1) is 0 Å². The molecule has 1 aliphatic heterocycles. The van der Waals surface area contributed by atoms with Crippen molar-refractivity contribution in [3.8, 4) is 0 Å². The van der Waals surface area contributed by atoms with Crippen molar-refractivity contribution in [1.82, 2.24) is 9.88 Å². The van der Waals surface area contributed by atoms with E-state index in [-0.39, 0.29) is 17.6 Å². The SMILES string of the molecule is CC1(C)CN(C(=O)c2ncccc2Br)CC(CBr)O1. The molecule has 6 heteroatoms. The van der Waals surface area contributed by atoms with Gasteiger partial charge in [-0.15, -0.1) is 0 Å². The molecular formula is C13H16Br2N2O2. The van der Waals surface area contributed by atoms with Gasteiger partial charge in [-0.2, -0.15) is 0 Å². The van der Waals surface area contributed by atoms with E-state index in [1.54, 1.807) is 12.3 Å². The fourth-order valence-electron chi connectivity index (χ4n) is 2.22. The molecule has 1 aromatic heterocycles. The Kier molecular flexibility index (Phi) is 4.63. The van der Waals surface area contributed by atoms with Crippen LogP contribution in [0.25, 0.3) is 0 Å². The first-order valence-electron chi connectivity index (χ1n) is 6.06. The Balaban J connectivity index is 2.21. The van der Waals surface area contributed by atoms with E-state index in [1.807, 2.05) is 24.8 Å². The van der Waals surface area contributed by atoms with Crippen molar-refractivity contribution in [3.05, 3.63) is 28.5 Å². The smallest absolute Gasteiger partial charge is 0.273 e. The molecule has 1 aromatic rings. The monoisotopic (exact) mass is 390 g/mol. The molecule has 0 aliphatic carbocycles. The summed E-state index contributed by atoms with van der Waals surface area (Å²) in [5.74, 6) is -0.0604. The van der Waals surface area contributed by atoms with Crippen LogP contribution in [0.4, 0.5) is 0 Å². The van der Waals surface area contributed by atoms with Crippen molar-refractivity contribution in [3.63, 3.8) is 0 Å². The first-order valence-corrected chi connectivity index (χ1v) is 7.98. The summed E-state index contributed by atoms with van der Waals surface area (Å²) in [6.07, 6.45) is 1.64. The molecule has 0 radical (unpaired) electrons. The van der Waals surface area contributed by atoms with Crippen LogP contribution in [0.1, 0.15) is 24.3 Å². The minimum Gasteiger partial charge on any atom is -0.368 e. The second-order valence-corrected chi connectivity index (χ2v) is 6.68. The van der Waals surface area contributed by atoms with Crippen LogP contribution in [-0.4, -0.2) is 45.9 Å². The molecule has 1 aliphatic rings. The van der Waals surface area contributed by atoms with Gasteiger partial charge in [0.15, 0.2) is 0 Å². The normalized spacial score (nSPS) is 22.3. The van der Waals surface area contributed by atoms with E-state index >= 15 is 0 Å². The summed E-state index contributed by atoms with van der Waals surface area (Å²) in [5, 5.41) is 0.712. The van der Waals surface area contributed by atoms with Crippen LogP contribution in [0.5, 0.6) is 0 Å². The maximum Gasteiger partial charge on any atom is 0.273 e. The number of pyridine rings is 1. The molecule has 0 bridgehead atoms. The Morgan fingerprint density at radius 2 is 2.37 bits per heavy atom. The number of carbonyl (C=O) groups excluding carboxylic acids is 1. The lowest BCUT2D eigenvalue weighted by molar-refractivity contribution is -0.116. The summed E-state index contributed by atoms with van der Waals surface area (Å²) in [7, 11) is 0. The van der Waals surface area contributed by atoms with Gasteiger partial charge in [-0.3, -0.25) is 4.79 Å². The molecule has 104 valence electrons. The number of morpholine rings is 1. The van der Waals surface area contributed by atoms with E-state index in [9.17, 15) is 4.79 Å². The van der Waals surface area contributed by atoms with Crippen LogP contribution in [-0.2, 0) is 4.74 Å². The van der Waals surface area contributed by atoms with Crippen molar-refractivity contribution in [1.29, 1.82) is 0 Å². The van der Waals surface area contributed by atoms with Crippen LogP contribution >= 0.6 is 31.9 Å². The summed E-state index contributed by atoms with van der Waals surface area (Å²) in [6.45, 7) is 5.14. The molecular weight excluding hydrogens is 376 g/mol. The van der Waals surface area contributed by atoms with E-state index < -0.39 is 0 Å². The summed E-state index contributed by atoms with van der Waals surface area (Å²) in [6, 6.07) is 3.62.